The van der Waals surface area contributed by atoms with Crippen LogP contribution in [0.1, 0.15) is 45.4 Å². The Labute approximate surface area is 128 Å². The summed E-state index contributed by atoms with van der Waals surface area (Å²) in [5.41, 5.74) is 0. The molecular formula is C14H28N2O4S. The third-order valence-corrected chi connectivity index (χ3v) is 6.36. The first kappa shape index (κ1) is 17.1. The van der Waals surface area contributed by atoms with Gasteiger partial charge in [-0.25, -0.2) is 0 Å². The monoisotopic (exact) mass is 320 g/mol. The Morgan fingerprint density at radius 1 is 1.19 bits per heavy atom. The molecule has 2 fully saturated rings. The predicted octanol–water partition coefficient (Wildman–Crippen LogP) is 0.969. The van der Waals surface area contributed by atoms with Gasteiger partial charge in [-0.2, -0.15) is 17.0 Å². The number of hydrogen-bond donors (Lipinski definition) is 1. The van der Waals surface area contributed by atoms with Gasteiger partial charge in [0.05, 0.1) is 12.7 Å². The summed E-state index contributed by atoms with van der Waals surface area (Å²) in [6, 6.07) is -0.263. The number of aliphatic hydroxyl groups is 1. The maximum absolute atomic E-state index is 12.8. The molecule has 0 aromatic rings. The third-order valence-electron chi connectivity index (χ3n) is 4.31. The lowest BCUT2D eigenvalue weighted by molar-refractivity contribution is 0.0170. The van der Waals surface area contributed by atoms with Crippen molar-refractivity contribution in [2.45, 2.75) is 57.6 Å². The van der Waals surface area contributed by atoms with Crippen LogP contribution in [0.25, 0.3) is 0 Å². The molecule has 2 unspecified atom stereocenters. The van der Waals surface area contributed by atoms with E-state index in [9.17, 15) is 13.5 Å². The Hall–Kier alpha value is -0.210. The van der Waals surface area contributed by atoms with E-state index in [-0.39, 0.29) is 18.8 Å². The van der Waals surface area contributed by atoms with E-state index in [0.29, 0.717) is 26.2 Å². The number of nitrogens with zero attached hydrogens (tertiary/aromatic N) is 2. The standard InChI is InChI=1S/C14H28N2O4S/c1-2-10-20-14-7-5-8-15(11-14)21(18,19)16-9-4-3-6-13(16)12-17/h13-14,17H,2-12H2,1H3. The van der Waals surface area contributed by atoms with Gasteiger partial charge in [-0.3, -0.25) is 0 Å². The number of aliphatic hydroxyl groups excluding tert-OH is 1. The van der Waals surface area contributed by atoms with Crippen LogP contribution in [0.5, 0.6) is 0 Å². The number of hydrogen-bond acceptors (Lipinski definition) is 4. The lowest BCUT2D eigenvalue weighted by Gasteiger charge is -2.39. The smallest absolute Gasteiger partial charge is 0.282 e. The van der Waals surface area contributed by atoms with Crippen LogP contribution in [0.2, 0.25) is 0 Å². The van der Waals surface area contributed by atoms with Crippen LogP contribution < -0.4 is 0 Å². The van der Waals surface area contributed by atoms with Gasteiger partial charge in [0.25, 0.3) is 10.2 Å². The van der Waals surface area contributed by atoms with Crippen LogP contribution in [-0.2, 0) is 14.9 Å². The third kappa shape index (κ3) is 4.16. The van der Waals surface area contributed by atoms with Crippen molar-refractivity contribution in [3.63, 3.8) is 0 Å². The number of ether oxygens (including phenoxy) is 1. The minimum Gasteiger partial charge on any atom is -0.395 e. The van der Waals surface area contributed by atoms with E-state index in [1.807, 2.05) is 0 Å². The highest BCUT2D eigenvalue weighted by atomic mass is 32.2. The van der Waals surface area contributed by atoms with Crippen LogP contribution in [-0.4, -0.2) is 67.1 Å². The van der Waals surface area contributed by atoms with E-state index in [1.165, 1.54) is 4.31 Å². The molecule has 21 heavy (non-hydrogen) atoms. The van der Waals surface area contributed by atoms with E-state index >= 15 is 0 Å². The van der Waals surface area contributed by atoms with Crippen molar-refractivity contribution in [1.82, 2.24) is 8.61 Å². The Bertz CT molecular complexity index is 415. The van der Waals surface area contributed by atoms with E-state index in [2.05, 4.69) is 6.92 Å². The lowest BCUT2D eigenvalue weighted by atomic mass is 10.1. The van der Waals surface area contributed by atoms with Gasteiger partial charge >= 0.3 is 0 Å². The van der Waals surface area contributed by atoms with Gasteiger partial charge in [-0.05, 0) is 32.1 Å². The van der Waals surface area contributed by atoms with Crippen molar-refractivity contribution in [3.8, 4) is 0 Å². The van der Waals surface area contributed by atoms with E-state index < -0.39 is 10.2 Å². The topological polar surface area (TPSA) is 70.1 Å². The zero-order valence-electron chi connectivity index (χ0n) is 12.9. The molecule has 1 N–H and O–H groups in total. The number of rotatable bonds is 6. The fourth-order valence-electron chi connectivity index (χ4n) is 3.14. The van der Waals surface area contributed by atoms with Crippen LogP contribution in [0.3, 0.4) is 0 Å². The first-order valence-corrected chi connectivity index (χ1v) is 9.48. The molecule has 0 spiro atoms. The van der Waals surface area contributed by atoms with Gasteiger partial charge in [0.2, 0.25) is 0 Å². The highest BCUT2D eigenvalue weighted by molar-refractivity contribution is 7.86. The summed E-state index contributed by atoms with van der Waals surface area (Å²) in [4.78, 5) is 0. The van der Waals surface area contributed by atoms with Crippen LogP contribution in [0, 0.1) is 0 Å². The summed E-state index contributed by atoms with van der Waals surface area (Å²) in [7, 11) is -3.48. The Morgan fingerprint density at radius 3 is 2.71 bits per heavy atom. The molecule has 6 nitrogen and oxygen atoms in total. The molecule has 0 radical (unpaired) electrons. The molecule has 2 aliphatic rings. The molecule has 2 aliphatic heterocycles. The molecule has 0 bridgehead atoms. The molecule has 2 atom stereocenters. The summed E-state index contributed by atoms with van der Waals surface area (Å²) in [6.45, 7) is 4.16. The summed E-state index contributed by atoms with van der Waals surface area (Å²) < 4.78 is 34.4. The average Bonchev–Trinajstić information content (AvgIpc) is 2.53. The first-order valence-electron chi connectivity index (χ1n) is 8.09. The molecular weight excluding hydrogens is 292 g/mol. The normalized spacial score (nSPS) is 29.6. The van der Waals surface area contributed by atoms with Crippen LogP contribution in [0.15, 0.2) is 0 Å². The Kier molecular flexibility index (Phi) is 6.43. The van der Waals surface area contributed by atoms with Crippen LogP contribution in [0.4, 0.5) is 0 Å². The van der Waals surface area contributed by atoms with Gasteiger partial charge in [0.1, 0.15) is 0 Å². The molecule has 7 heteroatoms. The van der Waals surface area contributed by atoms with Crippen molar-refractivity contribution in [2.24, 2.45) is 0 Å². The van der Waals surface area contributed by atoms with Crippen molar-refractivity contribution in [3.05, 3.63) is 0 Å². The van der Waals surface area contributed by atoms with E-state index in [1.54, 1.807) is 4.31 Å². The molecule has 2 saturated heterocycles. The van der Waals surface area contributed by atoms with Crippen molar-refractivity contribution in [2.75, 3.05) is 32.8 Å². The molecule has 2 rings (SSSR count). The largest absolute Gasteiger partial charge is 0.395 e. The minimum absolute atomic E-state index is 0.00541. The molecule has 0 aromatic heterocycles. The summed E-state index contributed by atoms with van der Waals surface area (Å²) in [5.74, 6) is 0. The Morgan fingerprint density at radius 2 is 2.00 bits per heavy atom. The summed E-state index contributed by atoms with van der Waals surface area (Å²) in [6.07, 6.45) is 5.33. The van der Waals surface area contributed by atoms with Gasteiger partial charge in [-0.15, -0.1) is 0 Å². The highest BCUT2D eigenvalue weighted by Gasteiger charge is 2.38. The minimum atomic E-state index is -3.48. The molecule has 2 heterocycles. The second-order valence-electron chi connectivity index (χ2n) is 5.94. The molecule has 0 aliphatic carbocycles. The highest BCUT2D eigenvalue weighted by Crippen LogP contribution is 2.25. The second kappa shape index (κ2) is 7.87. The lowest BCUT2D eigenvalue weighted by Crippen LogP contribution is -2.54. The Balaban J connectivity index is 2.03. The first-order chi connectivity index (χ1) is 10.1. The quantitative estimate of drug-likeness (QED) is 0.792. The molecule has 0 saturated carbocycles. The zero-order valence-corrected chi connectivity index (χ0v) is 13.7. The van der Waals surface area contributed by atoms with Crippen molar-refractivity contribution in [1.29, 1.82) is 0 Å². The summed E-state index contributed by atoms with van der Waals surface area (Å²) in [5, 5.41) is 9.44. The van der Waals surface area contributed by atoms with Gasteiger partial charge in [-0.1, -0.05) is 13.3 Å². The SMILES string of the molecule is CCCOC1CCCN(S(=O)(=O)N2CCCCC2CO)C1. The van der Waals surface area contributed by atoms with Gasteiger partial charge < -0.3 is 9.84 Å². The molecule has 0 aromatic carbocycles. The van der Waals surface area contributed by atoms with Crippen molar-refractivity contribution < 1.29 is 18.3 Å². The maximum atomic E-state index is 12.8. The van der Waals surface area contributed by atoms with Gasteiger partial charge in [0, 0.05) is 32.3 Å². The maximum Gasteiger partial charge on any atom is 0.282 e. The molecule has 0 amide bonds. The van der Waals surface area contributed by atoms with Crippen LogP contribution >= 0.6 is 0 Å². The fourth-order valence-corrected chi connectivity index (χ4v) is 5.06. The van der Waals surface area contributed by atoms with E-state index in [4.69, 9.17) is 4.74 Å². The second-order valence-corrected chi connectivity index (χ2v) is 7.82. The fraction of sp³-hybridized carbons (Fsp3) is 1.00. The van der Waals surface area contributed by atoms with Crippen molar-refractivity contribution >= 4 is 10.2 Å². The van der Waals surface area contributed by atoms with E-state index in [0.717, 1.165) is 38.5 Å². The summed E-state index contributed by atoms with van der Waals surface area (Å²) >= 11 is 0. The predicted molar refractivity (Wildman–Crippen MR) is 81.2 cm³/mol. The van der Waals surface area contributed by atoms with Gasteiger partial charge in [0.15, 0.2) is 0 Å². The molecule has 124 valence electrons. The number of piperidine rings is 2. The average molecular weight is 320 g/mol. The zero-order chi connectivity index (χ0) is 15.3.